The molecule has 0 atom stereocenters. The lowest BCUT2D eigenvalue weighted by Gasteiger charge is -2.10. The molecule has 0 saturated heterocycles. The zero-order chi connectivity index (χ0) is 21.0. The molecule has 6 nitrogen and oxygen atoms in total. The van der Waals surface area contributed by atoms with Crippen molar-refractivity contribution in [2.45, 2.75) is 27.3 Å². The zero-order valence-corrected chi connectivity index (χ0v) is 18.3. The number of benzene rings is 2. The highest BCUT2D eigenvalue weighted by atomic mass is 32.1. The molecule has 0 radical (unpaired) electrons. The smallest absolute Gasteiger partial charge is 0.283 e. The van der Waals surface area contributed by atoms with Gasteiger partial charge in [-0.15, -0.1) is 0 Å². The van der Waals surface area contributed by atoms with E-state index in [1.54, 1.807) is 25.3 Å². The van der Waals surface area contributed by atoms with Crippen LogP contribution in [0.4, 0.5) is 0 Å². The maximum absolute atomic E-state index is 13.0. The van der Waals surface area contributed by atoms with Gasteiger partial charge < -0.3 is 18.8 Å². The van der Waals surface area contributed by atoms with Gasteiger partial charge in [-0.1, -0.05) is 17.4 Å². The van der Waals surface area contributed by atoms with E-state index in [1.807, 2.05) is 11.5 Å². The summed E-state index contributed by atoms with van der Waals surface area (Å²) in [6, 6.07) is 9.48. The van der Waals surface area contributed by atoms with Crippen LogP contribution in [-0.4, -0.2) is 37.9 Å². The van der Waals surface area contributed by atoms with Crippen molar-refractivity contribution in [2.75, 3.05) is 27.4 Å². The average Bonchev–Trinajstić information content (AvgIpc) is 3.03. The molecular formula is C22H26N2O4S. The van der Waals surface area contributed by atoms with Gasteiger partial charge in [0.25, 0.3) is 5.91 Å². The van der Waals surface area contributed by atoms with Crippen LogP contribution in [0.1, 0.15) is 28.4 Å². The lowest BCUT2D eigenvalue weighted by Crippen LogP contribution is -2.20. The van der Waals surface area contributed by atoms with Crippen molar-refractivity contribution in [3.8, 4) is 11.5 Å². The van der Waals surface area contributed by atoms with E-state index >= 15 is 0 Å². The molecule has 0 spiro atoms. The number of hydrogen-bond acceptors (Lipinski definition) is 5. The van der Waals surface area contributed by atoms with Gasteiger partial charge in [0.05, 0.1) is 36.6 Å². The maximum atomic E-state index is 13.0. The molecule has 0 saturated carbocycles. The van der Waals surface area contributed by atoms with Crippen molar-refractivity contribution < 1.29 is 19.0 Å². The van der Waals surface area contributed by atoms with Gasteiger partial charge in [0.2, 0.25) is 0 Å². The molecule has 3 aromatic rings. The van der Waals surface area contributed by atoms with Crippen LogP contribution < -0.4 is 14.3 Å². The van der Waals surface area contributed by atoms with Crippen molar-refractivity contribution in [3.05, 3.63) is 51.8 Å². The SMILES string of the molecule is CCOCCn1c(=NC(=O)c2cccc(OC)c2OC)sc2cc(C)c(C)cc21. The second kappa shape index (κ2) is 9.24. The third-order valence-corrected chi connectivity index (χ3v) is 5.83. The average molecular weight is 415 g/mol. The van der Waals surface area contributed by atoms with E-state index in [0.717, 1.165) is 10.2 Å². The van der Waals surface area contributed by atoms with E-state index in [4.69, 9.17) is 14.2 Å². The standard InChI is InChI=1S/C22H26N2O4S/c1-6-28-11-10-24-17-12-14(2)15(3)13-19(17)29-22(24)23-21(25)16-8-7-9-18(26-4)20(16)27-5/h7-9,12-13H,6,10-11H2,1-5H3. The molecule has 1 heterocycles. The van der Waals surface area contributed by atoms with Crippen LogP contribution in [0, 0.1) is 13.8 Å². The first-order valence-corrected chi connectivity index (χ1v) is 10.3. The van der Waals surface area contributed by atoms with Gasteiger partial charge in [0.1, 0.15) is 0 Å². The number of rotatable bonds is 7. The first-order valence-electron chi connectivity index (χ1n) is 9.48. The van der Waals surface area contributed by atoms with Gasteiger partial charge >= 0.3 is 0 Å². The van der Waals surface area contributed by atoms with E-state index in [2.05, 4.69) is 31.0 Å². The Balaban J connectivity index is 2.14. The maximum Gasteiger partial charge on any atom is 0.283 e. The van der Waals surface area contributed by atoms with E-state index in [-0.39, 0.29) is 5.91 Å². The minimum atomic E-state index is -0.370. The van der Waals surface area contributed by atoms with Crippen molar-refractivity contribution >= 4 is 27.5 Å². The number of methoxy groups -OCH3 is 2. The number of thiazole rings is 1. The molecule has 2 aromatic carbocycles. The number of nitrogens with zero attached hydrogens (tertiary/aromatic N) is 2. The first kappa shape index (κ1) is 21.1. The summed E-state index contributed by atoms with van der Waals surface area (Å²) in [7, 11) is 3.06. The molecule has 0 unspecified atom stereocenters. The lowest BCUT2D eigenvalue weighted by molar-refractivity contribution is 0.0993. The van der Waals surface area contributed by atoms with Gasteiger partial charge in [-0.05, 0) is 56.2 Å². The number of para-hydroxylation sites is 1. The molecule has 29 heavy (non-hydrogen) atoms. The van der Waals surface area contributed by atoms with E-state index in [0.29, 0.717) is 41.6 Å². The lowest BCUT2D eigenvalue weighted by atomic mass is 10.1. The summed E-state index contributed by atoms with van der Waals surface area (Å²) >= 11 is 1.50. The molecule has 1 aromatic heterocycles. The number of aryl methyl sites for hydroxylation is 2. The topological polar surface area (TPSA) is 62.1 Å². The Morgan fingerprint density at radius 1 is 1.14 bits per heavy atom. The molecular weight excluding hydrogens is 388 g/mol. The number of amides is 1. The molecule has 7 heteroatoms. The highest BCUT2D eigenvalue weighted by Crippen LogP contribution is 2.31. The fourth-order valence-electron chi connectivity index (χ4n) is 3.13. The predicted octanol–water partition coefficient (Wildman–Crippen LogP) is 4.11. The zero-order valence-electron chi connectivity index (χ0n) is 17.4. The minimum absolute atomic E-state index is 0.369. The van der Waals surface area contributed by atoms with Crippen LogP contribution in [0.15, 0.2) is 35.3 Å². The van der Waals surface area contributed by atoms with Gasteiger partial charge in [-0.2, -0.15) is 4.99 Å². The number of ether oxygens (including phenoxy) is 3. The van der Waals surface area contributed by atoms with E-state index < -0.39 is 0 Å². The summed E-state index contributed by atoms with van der Waals surface area (Å²) in [5, 5.41) is 0. The Kier molecular flexibility index (Phi) is 6.71. The molecule has 0 aliphatic rings. The Labute approximate surface area is 174 Å². The van der Waals surface area contributed by atoms with E-state index in [1.165, 1.54) is 29.6 Å². The molecule has 0 aliphatic heterocycles. The van der Waals surface area contributed by atoms with Gasteiger partial charge in [0.15, 0.2) is 16.3 Å². The van der Waals surface area contributed by atoms with Crippen LogP contribution in [0.3, 0.4) is 0 Å². The monoisotopic (exact) mass is 414 g/mol. The second-order valence-electron chi connectivity index (χ2n) is 6.60. The summed E-state index contributed by atoms with van der Waals surface area (Å²) in [6.45, 7) is 7.96. The van der Waals surface area contributed by atoms with Gasteiger partial charge in [0, 0.05) is 13.2 Å². The summed E-state index contributed by atoms with van der Waals surface area (Å²) in [5.41, 5.74) is 3.84. The number of aromatic nitrogens is 1. The molecule has 0 N–H and O–H groups in total. The highest BCUT2D eigenvalue weighted by molar-refractivity contribution is 7.16. The van der Waals surface area contributed by atoms with Gasteiger partial charge in [-0.25, -0.2) is 0 Å². The summed E-state index contributed by atoms with van der Waals surface area (Å²) in [5.74, 6) is 0.517. The Hall–Kier alpha value is -2.64. The molecule has 1 amide bonds. The Bertz CT molecular complexity index is 1100. The van der Waals surface area contributed by atoms with Crippen LogP contribution in [0.25, 0.3) is 10.2 Å². The Morgan fingerprint density at radius 3 is 2.59 bits per heavy atom. The first-order chi connectivity index (χ1) is 14.0. The van der Waals surface area contributed by atoms with Crippen LogP contribution in [0.5, 0.6) is 11.5 Å². The van der Waals surface area contributed by atoms with Crippen molar-refractivity contribution in [1.82, 2.24) is 4.57 Å². The van der Waals surface area contributed by atoms with Crippen molar-refractivity contribution in [1.29, 1.82) is 0 Å². The van der Waals surface area contributed by atoms with Crippen molar-refractivity contribution in [3.63, 3.8) is 0 Å². The number of carbonyl (C=O) groups excluding carboxylic acids is 1. The van der Waals surface area contributed by atoms with Crippen LogP contribution >= 0.6 is 11.3 Å². The molecule has 0 fully saturated rings. The third kappa shape index (κ3) is 4.36. The van der Waals surface area contributed by atoms with Crippen LogP contribution in [0.2, 0.25) is 0 Å². The molecule has 0 aliphatic carbocycles. The predicted molar refractivity (Wildman–Crippen MR) is 115 cm³/mol. The second-order valence-corrected chi connectivity index (χ2v) is 7.60. The molecule has 3 rings (SSSR count). The van der Waals surface area contributed by atoms with E-state index in [9.17, 15) is 4.79 Å². The highest BCUT2D eigenvalue weighted by Gasteiger charge is 2.17. The minimum Gasteiger partial charge on any atom is -0.493 e. The summed E-state index contributed by atoms with van der Waals surface area (Å²) < 4.78 is 19.4. The third-order valence-electron chi connectivity index (χ3n) is 4.79. The molecule has 0 bridgehead atoms. The normalized spacial score (nSPS) is 11.8. The summed E-state index contributed by atoms with van der Waals surface area (Å²) in [4.78, 5) is 18.1. The summed E-state index contributed by atoms with van der Waals surface area (Å²) in [6.07, 6.45) is 0. The van der Waals surface area contributed by atoms with Crippen LogP contribution in [-0.2, 0) is 11.3 Å². The quantitative estimate of drug-likeness (QED) is 0.546. The van der Waals surface area contributed by atoms with Gasteiger partial charge in [-0.3, -0.25) is 4.79 Å². The fourth-order valence-corrected chi connectivity index (χ4v) is 4.26. The number of hydrogen-bond donors (Lipinski definition) is 0. The fraction of sp³-hybridized carbons (Fsp3) is 0.364. The number of carbonyl (C=O) groups is 1. The number of fused-ring (bicyclic) bond motifs is 1. The van der Waals surface area contributed by atoms with Crippen molar-refractivity contribution in [2.24, 2.45) is 4.99 Å². The molecule has 154 valence electrons. The largest absolute Gasteiger partial charge is 0.493 e. The Morgan fingerprint density at radius 2 is 1.90 bits per heavy atom.